The van der Waals surface area contributed by atoms with E-state index in [1.807, 2.05) is 0 Å². The summed E-state index contributed by atoms with van der Waals surface area (Å²) in [6, 6.07) is 0. The van der Waals surface area contributed by atoms with E-state index in [-0.39, 0.29) is 10.0 Å². The van der Waals surface area contributed by atoms with Gasteiger partial charge in [-0.3, -0.25) is 9.17 Å². The highest BCUT2D eigenvalue weighted by Gasteiger charge is 2.18. The van der Waals surface area contributed by atoms with Gasteiger partial charge in [-0.2, -0.15) is 8.42 Å². The normalized spacial score (nSPS) is 13.9. The highest BCUT2D eigenvalue weighted by atomic mass is 35.5. The molecule has 0 aliphatic carbocycles. The molecular formula is C8H9Cl2NO3S. The molecule has 84 valence electrons. The van der Waals surface area contributed by atoms with Gasteiger partial charge in [0.2, 0.25) is 0 Å². The van der Waals surface area contributed by atoms with Gasteiger partial charge in [-0.05, 0) is 6.92 Å². The minimum Gasteiger partial charge on any atom is -0.262 e. The van der Waals surface area contributed by atoms with Crippen LogP contribution in [-0.4, -0.2) is 19.7 Å². The third-order valence-electron chi connectivity index (χ3n) is 1.62. The average Bonchev–Trinajstić information content (AvgIpc) is 1.99. The van der Waals surface area contributed by atoms with Crippen molar-refractivity contribution in [2.24, 2.45) is 0 Å². The van der Waals surface area contributed by atoms with E-state index < -0.39 is 16.2 Å². The molecule has 1 atom stereocenters. The molecule has 1 aromatic heterocycles. The largest absolute Gasteiger partial charge is 0.264 e. The molecule has 0 bridgehead atoms. The summed E-state index contributed by atoms with van der Waals surface area (Å²) in [5, 5.41) is 0.553. The zero-order chi connectivity index (χ0) is 11.6. The highest BCUT2D eigenvalue weighted by molar-refractivity contribution is 7.86. The van der Waals surface area contributed by atoms with Gasteiger partial charge in [-0.15, -0.1) is 0 Å². The molecule has 7 heteroatoms. The monoisotopic (exact) mass is 269 g/mol. The first-order valence-corrected chi connectivity index (χ1v) is 6.55. The van der Waals surface area contributed by atoms with Crippen molar-refractivity contribution >= 4 is 33.3 Å². The maximum atomic E-state index is 10.9. The number of pyridine rings is 1. The van der Waals surface area contributed by atoms with Crippen LogP contribution in [0.4, 0.5) is 0 Å². The van der Waals surface area contributed by atoms with Crippen LogP contribution in [0.25, 0.3) is 0 Å². The number of nitrogens with zero attached hydrogens (tertiary/aromatic N) is 1. The Morgan fingerprint density at radius 2 is 1.80 bits per heavy atom. The van der Waals surface area contributed by atoms with Crippen molar-refractivity contribution in [3.8, 4) is 0 Å². The predicted octanol–water partition coefficient (Wildman–Crippen LogP) is 2.43. The molecule has 0 saturated heterocycles. The molecule has 0 fully saturated rings. The van der Waals surface area contributed by atoms with Gasteiger partial charge in [-0.1, -0.05) is 23.2 Å². The van der Waals surface area contributed by atoms with Crippen molar-refractivity contribution in [3.05, 3.63) is 28.0 Å². The number of halogens is 2. The molecule has 0 saturated carbocycles. The Balaban J connectivity index is 3.06. The van der Waals surface area contributed by atoms with Crippen LogP contribution in [0, 0.1) is 0 Å². The Labute approximate surface area is 98.3 Å². The summed E-state index contributed by atoms with van der Waals surface area (Å²) < 4.78 is 26.6. The van der Waals surface area contributed by atoms with E-state index in [0.717, 1.165) is 6.26 Å². The molecule has 0 unspecified atom stereocenters. The molecule has 0 aliphatic rings. The third-order valence-corrected chi connectivity index (χ3v) is 2.86. The Kier molecular flexibility index (Phi) is 3.94. The molecule has 4 nitrogen and oxygen atoms in total. The van der Waals surface area contributed by atoms with Gasteiger partial charge in [0, 0.05) is 18.0 Å². The molecule has 0 spiro atoms. The van der Waals surface area contributed by atoms with Crippen LogP contribution in [-0.2, 0) is 14.3 Å². The first-order chi connectivity index (χ1) is 6.81. The quantitative estimate of drug-likeness (QED) is 0.791. The summed E-state index contributed by atoms with van der Waals surface area (Å²) in [5.74, 6) is 0. The van der Waals surface area contributed by atoms with Crippen molar-refractivity contribution in [1.82, 2.24) is 4.98 Å². The Bertz CT molecular complexity index is 441. The molecule has 0 aliphatic heterocycles. The SMILES string of the molecule is C[C@H](OS(C)(=O)=O)c1c(Cl)cncc1Cl. The van der Waals surface area contributed by atoms with Gasteiger partial charge in [0.05, 0.1) is 16.3 Å². The average molecular weight is 270 g/mol. The van der Waals surface area contributed by atoms with E-state index >= 15 is 0 Å². The fourth-order valence-electron chi connectivity index (χ4n) is 1.12. The second kappa shape index (κ2) is 4.65. The second-order valence-electron chi connectivity index (χ2n) is 2.96. The lowest BCUT2D eigenvalue weighted by molar-refractivity contribution is 0.237. The lowest BCUT2D eigenvalue weighted by Gasteiger charge is -2.13. The van der Waals surface area contributed by atoms with Gasteiger partial charge in [0.15, 0.2) is 0 Å². The van der Waals surface area contributed by atoms with E-state index in [2.05, 4.69) is 4.98 Å². The predicted molar refractivity (Wildman–Crippen MR) is 58.6 cm³/mol. The molecular weight excluding hydrogens is 261 g/mol. The number of hydrogen-bond acceptors (Lipinski definition) is 4. The Morgan fingerprint density at radius 3 is 2.20 bits per heavy atom. The van der Waals surface area contributed by atoms with E-state index in [4.69, 9.17) is 27.4 Å². The summed E-state index contributed by atoms with van der Waals surface area (Å²) in [5.41, 5.74) is 0.416. The Hall–Kier alpha value is -0.360. The minimum atomic E-state index is -3.54. The van der Waals surface area contributed by atoms with Crippen molar-refractivity contribution in [2.75, 3.05) is 6.26 Å². The first kappa shape index (κ1) is 12.7. The van der Waals surface area contributed by atoms with E-state index in [0.29, 0.717) is 5.56 Å². The van der Waals surface area contributed by atoms with Gasteiger partial charge in [-0.25, -0.2) is 0 Å². The molecule has 0 aromatic carbocycles. The van der Waals surface area contributed by atoms with Crippen LogP contribution in [0.1, 0.15) is 18.6 Å². The first-order valence-electron chi connectivity index (χ1n) is 3.98. The molecule has 1 aromatic rings. The third kappa shape index (κ3) is 3.61. The van der Waals surface area contributed by atoms with Crippen molar-refractivity contribution in [1.29, 1.82) is 0 Å². The van der Waals surface area contributed by atoms with Gasteiger partial charge in [0.1, 0.15) is 6.10 Å². The van der Waals surface area contributed by atoms with Gasteiger partial charge < -0.3 is 0 Å². The summed E-state index contributed by atoms with van der Waals surface area (Å²) >= 11 is 11.7. The van der Waals surface area contributed by atoms with Crippen LogP contribution in [0.15, 0.2) is 12.4 Å². The topological polar surface area (TPSA) is 56.3 Å². The molecule has 1 heterocycles. The summed E-state index contributed by atoms with van der Waals surface area (Å²) in [7, 11) is -3.54. The number of aromatic nitrogens is 1. The smallest absolute Gasteiger partial charge is 0.262 e. The molecule has 0 amide bonds. The van der Waals surface area contributed by atoms with E-state index in [1.165, 1.54) is 12.4 Å². The Morgan fingerprint density at radius 1 is 1.33 bits per heavy atom. The lowest BCUT2D eigenvalue weighted by Crippen LogP contribution is -2.08. The fraction of sp³-hybridized carbons (Fsp3) is 0.375. The molecule has 0 radical (unpaired) electrons. The zero-order valence-corrected chi connectivity index (χ0v) is 10.4. The van der Waals surface area contributed by atoms with Crippen molar-refractivity contribution < 1.29 is 12.6 Å². The van der Waals surface area contributed by atoms with Crippen LogP contribution in [0.3, 0.4) is 0 Å². The fourth-order valence-corrected chi connectivity index (χ4v) is 2.41. The van der Waals surface area contributed by atoms with Crippen molar-refractivity contribution in [3.63, 3.8) is 0 Å². The zero-order valence-electron chi connectivity index (χ0n) is 8.07. The molecule has 15 heavy (non-hydrogen) atoms. The van der Waals surface area contributed by atoms with Crippen LogP contribution >= 0.6 is 23.2 Å². The van der Waals surface area contributed by atoms with E-state index in [9.17, 15) is 8.42 Å². The number of hydrogen-bond donors (Lipinski definition) is 0. The maximum Gasteiger partial charge on any atom is 0.264 e. The molecule has 1 rings (SSSR count). The summed E-state index contributed by atoms with van der Waals surface area (Å²) in [6.07, 6.45) is 2.99. The van der Waals surface area contributed by atoms with Gasteiger partial charge in [0.25, 0.3) is 10.1 Å². The van der Waals surface area contributed by atoms with E-state index in [1.54, 1.807) is 6.92 Å². The van der Waals surface area contributed by atoms with Gasteiger partial charge >= 0.3 is 0 Å². The van der Waals surface area contributed by atoms with Crippen LogP contribution < -0.4 is 0 Å². The van der Waals surface area contributed by atoms with Crippen LogP contribution in [0.5, 0.6) is 0 Å². The molecule has 0 N–H and O–H groups in total. The second-order valence-corrected chi connectivity index (χ2v) is 5.37. The maximum absolute atomic E-state index is 10.9. The highest BCUT2D eigenvalue weighted by Crippen LogP contribution is 2.31. The number of rotatable bonds is 3. The lowest BCUT2D eigenvalue weighted by atomic mass is 10.2. The summed E-state index contributed by atoms with van der Waals surface area (Å²) in [4.78, 5) is 3.75. The van der Waals surface area contributed by atoms with Crippen LogP contribution in [0.2, 0.25) is 10.0 Å². The summed E-state index contributed by atoms with van der Waals surface area (Å²) in [6.45, 7) is 1.55. The van der Waals surface area contributed by atoms with Crippen molar-refractivity contribution in [2.45, 2.75) is 13.0 Å². The standard InChI is InChI=1S/C8H9Cl2NO3S/c1-5(14-15(2,12)13)8-6(9)3-11-4-7(8)10/h3-5H,1-2H3/t5-/m0/s1. The minimum absolute atomic E-state index is 0.277.